The lowest BCUT2D eigenvalue weighted by Crippen LogP contribution is -2.13. The molecule has 0 spiro atoms. The molecule has 0 atom stereocenters. The topological polar surface area (TPSA) is 76.7 Å². The molecule has 5 nitrogen and oxygen atoms in total. The van der Waals surface area contributed by atoms with Crippen molar-refractivity contribution in [2.24, 2.45) is 5.73 Å². The highest BCUT2D eigenvalue weighted by Crippen LogP contribution is 2.09. The fraction of sp³-hybridized carbons (Fsp3) is 0.200. The highest BCUT2D eigenvalue weighted by Gasteiger charge is 2.02. The van der Waals surface area contributed by atoms with Gasteiger partial charge in [0.15, 0.2) is 0 Å². The molecule has 2 aromatic rings. The average Bonchev–Trinajstić information content (AvgIpc) is 2.73. The largest absolute Gasteiger partial charge is 0.388 e. The van der Waals surface area contributed by atoms with Crippen LogP contribution in [-0.2, 0) is 6.54 Å². The van der Waals surface area contributed by atoms with Crippen LogP contribution in [0.3, 0.4) is 0 Å². The molecule has 0 aromatic carbocycles. The number of aryl methyl sites for hydroxylation is 1. The second-order valence-corrected chi connectivity index (χ2v) is 4.84. The Morgan fingerprint density at radius 2 is 2.35 bits per heavy atom. The number of thiazole rings is 1. The van der Waals surface area contributed by atoms with Crippen molar-refractivity contribution in [1.29, 1.82) is 0 Å². The normalized spacial score (nSPS) is 10.2. The van der Waals surface area contributed by atoms with Crippen LogP contribution in [-0.4, -0.2) is 19.9 Å². The minimum Gasteiger partial charge on any atom is -0.388 e. The lowest BCUT2D eigenvalue weighted by molar-refractivity contribution is 1.01. The first-order valence-electron chi connectivity index (χ1n) is 4.93. The molecule has 0 unspecified atom stereocenters. The Bertz CT molecular complexity index is 537. The summed E-state index contributed by atoms with van der Waals surface area (Å²) in [6.45, 7) is 2.56. The van der Waals surface area contributed by atoms with Gasteiger partial charge in [-0.15, -0.1) is 11.3 Å². The SMILES string of the molecule is Cc1nc(CNc2nccc(C(N)=S)n2)cs1. The molecule has 0 saturated carbocycles. The third-order valence-electron chi connectivity index (χ3n) is 2.00. The third kappa shape index (κ3) is 3.18. The first-order valence-corrected chi connectivity index (χ1v) is 6.21. The summed E-state index contributed by atoms with van der Waals surface area (Å²) in [6.07, 6.45) is 1.62. The lowest BCUT2D eigenvalue weighted by atomic mass is 10.4. The van der Waals surface area contributed by atoms with Gasteiger partial charge in [0.25, 0.3) is 0 Å². The number of hydrogen-bond donors (Lipinski definition) is 2. The molecule has 7 heteroatoms. The molecule has 0 amide bonds. The molecule has 0 aliphatic carbocycles. The van der Waals surface area contributed by atoms with Gasteiger partial charge < -0.3 is 11.1 Å². The maximum atomic E-state index is 5.50. The van der Waals surface area contributed by atoms with E-state index in [0.29, 0.717) is 18.2 Å². The van der Waals surface area contributed by atoms with Crippen molar-refractivity contribution in [2.45, 2.75) is 13.5 Å². The molecule has 0 fully saturated rings. The molecule has 2 aromatic heterocycles. The van der Waals surface area contributed by atoms with Gasteiger partial charge in [-0.05, 0) is 13.0 Å². The third-order valence-corrected chi connectivity index (χ3v) is 3.03. The van der Waals surface area contributed by atoms with Gasteiger partial charge in [0.1, 0.15) is 10.7 Å². The average molecular weight is 265 g/mol. The van der Waals surface area contributed by atoms with Crippen molar-refractivity contribution in [1.82, 2.24) is 15.0 Å². The first kappa shape index (κ1) is 11.9. The molecule has 0 bridgehead atoms. The van der Waals surface area contributed by atoms with Gasteiger partial charge in [0.05, 0.1) is 17.2 Å². The van der Waals surface area contributed by atoms with Gasteiger partial charge in [-0.2, -0.15) is 0 Å². The molecule has 0 radical (unpaired) electrons. The Labute approximate surface area is 108 Å². The summed E-state index contributed by atoms with van der Waals surface area (Å²) in [5.74, 6) is 0.501. The van der Waals surface area contributed by atoms with Crippen molar-refractivity contribution in [3.8, 4) is 0 Å². The van der Waals surface area contributed by atoms with Crippen molar-refractivity contribution in [3.63, 3.8) is 0 Å². The van der Waals surface area contributed by atoms with E-state index in [0.717, 1.165) is 10.7 Å². The van der Waals surface area contributed by atoms with Crippen LogP contribution in [0.25, 0.3) is 0 Å². The Kier molecular flexibility index (Phi) is 3.60. The summed E-state index contributed by atoms with van der Waals surface area (Å²) in [4.78, 5) is 12.9. The molecule has 2 heterocycles. The number of thiocarbonyl (C=S) groups is 1. The summed E-state index contributed by atoms with van der Waals surface area (Å²) in [5.41, 5.74) is 7.03. The summed E-state index contributed by atoms with van der Waals surface area (Å²) in [6, 6.07) is 1.68. The zero-order chi connectivity index (χ0) is 12.3. The number of nitrogens with one attached hydrogen (secondary N) is 1. The highest BCUT2D eigenvalue weighted by molar-refractivity contribution is 7.80. The summed E-state index contributed by atoms with van der Waals surface area (Å²) < 4.78 is 0. The van der Waals surface area contributed by atoms with E-state index in [2.05, 4.69) is 20.3 Å². The highest BCUT2D eigenvalue weighted by atomic mass is 32.1. The van der Waals surface area contributed by atoms with Crippen LogP contribution in [0.5, 0.6) is 0 Å². The molecular weight excluding hydrogens is 254 g/mol. The molecule has 0 aliphatic heterocycles. The minimum absolute atomic E-state index is 0.264. The minimum atomic E-state index is 0.264. The molecule has 88 valence electrons. The number of hydrogen-bond acceptors (Lipinski definition) is 6. The molecule has 3 N–H and O–H groups in total. The van der Waals surface area contributed by atoms with Crippen molar-refractivity contribution in [3.05, 3.63) is 34.0 Å². The molecule has 17 heavy (non-hydrogen) atoms. The van der Waals surface area contributed by atoms with Crippen molar-refractivity contribution < 1.29 is 0 Å². The Balaban J connectivity index is 2.04. The number of nitrogens with zero attached hydrogens (tertiary/aromatic N) is 3. The second-order valence-electron chi connectivity index (χ2n) is 3.34. The van der Waals surface area contributed by atoms with E-state index in [1.807, 2.05) is 12.3 Å². The zero-order valence-corrected chi connectivity index (χ0v) is 10.8. The van der Waals surface area contributed by atoms with E-state index >= 15 is 0 Å². The number of nitrogens with two attached hydrogens (primary N) is 1. The van der Waals surface area contributed by atoms with Crippen LogP contribution in [0.1, 0.15) is 16.4 Å². The maximum absolute atomic E-state index is 5.50. The molecule has 0 aliphatic rings. The van der Waals surface area contributed by atoms with Crippen LogP contribution in [0, 0.1) is 6.92 Å². The Morgan fingerprint density at radius 3 is 3.00 bits per heavy atom. The van der Waals surface area contributed by atoms with Gasteiger partial charge in [0.2, 0.25) is 5.95 Å². The van der Waals surface area contributed by atoms with Crippen LogP contribution >= 0.6 is 23.6 Å². The molecule has 2 rings (SSSR count). The number of anilines is 1. The summed E-state index contributed by atoms with van der Waals surface area (Å²) in [5, 5.41) is 6.12. The second kappa shape index (κ2) is 5.15. The van der Waals surface area contributed by atoms with Crippen LogP contribution in [0.2, 0.25) is 0 Å². The fourth-order valence-corrected chi connectivity index (χ4v) is 1.97. The summed E-state index contributed by atoms with van der Waals surface area (Å²) >= 11 is 6.47. The first-order chi connectivity index (χ1) is 8.15. The van der Waals surface area contributed by atoms with E-state index in [4.69, 9.17) is 18.0 Å². The zero-order valence-electron chi connectivity index (χ0n) is 9.17. The van der Waals surface area contributed by atoms with Gasteiger partial charge in [-0.3, -0.25) is 0 Å². The predicted octanol–water partition coefficient (Wildman–Crippen LogP) is 1.49. The van der Waals surface area contributed by atoms with E-state index in [-0.39, 0.29) is 4.99 Å². The van der Waals surface area contributed by atoms with E-state index in [1.165, 1.54) is 0 Å². The quantitative estimate of drug-likeness (QED) is 0.816. The number of rotatable bonds is 4. The van der Waals surface area contributed by atoms with Crippen LogP contribution in [0.15, 0.2) is 17.6 Å². The van der Waals surface area contributed by atoms with Crippen LogP contribution < -0.4 is 11.1 Å². The van der Waals surface area contributed by atoms with E-state index in [1.54, 1.807) is 23.6 Å². The number of aromatic nitrogens is 3. The Morgan fingerprint density at radius 1 is 1.53 bits per heavy atom. The van der Waals surface area contributed by atoms with Gasteiger partial charge in [-0.1, -0.05) is 12.2 Å². The predicted molar refractivity (Wildman–Crippen MR) is 72.1 cm³/mol. The van der Waals surface area contributed by atoms with Gasteiger partial charge in [-0.25, -0.2) is 15.0 Å². The standard InChI is InChI=1S/C10H11N5S2/c1-6-14-7(5-17-6)4-13-10-12-3-2-8(15-10)9(11)16/h2-3,5H,4H2,1H3,(H2,11,16)(H,12,13,15). The van der Waals surface area contributed by atoms with Crippen molar-refractivity contribution >= 4 is 34.5 Å². The monoisotopic (exact) mass is 265 g/mol. The lowest BCUT2D eigenvalue weighted by Gasteiger charge is -2.03. The summed E-state index contributed by atoms with van der Waals surface area (Å²) in [7, 11) is 0. The van der Waals surface area contributed by atoms with E-state index in [9.17, 15) is 0 Å². The fourth-order valence-electron chi connectivity index (χ4n) is 1.24. The van der Waals surface area contributed by atoms with E-state index < -0.39 is 0 Å². The van der Waals surface area contributed by atoms with Crippen LogP contribution in [0.4, 0.5) is 5.95 Å². The smallest absolute Gasteiger partial charge is 0.223 e. The van der Waals surface area contributed by atoms with Gasteiger partial charge in [0, 0.05) is 11.6 Å². The van der Waals surface area contributed by atoms with Crippen molar-refractivity contribution in [2.75, 3.05) is 5.32 Å². The molecule has 0 saturated heterocycles. The molecular formula is C10H11N5S2. The Hall–Kier alpha value is -1.60. The van der Waals surface area contributed by atoms with Gasteiger partial charge >= 0.3 is 0 Å². The maximum Gasteiger partial charge on any atom is 0.223 e.